The van der Waals surface area contributed by atoms with E-state index in [0.717, 1.165) is 0 Å². The highest BCUT2D eigenvalue weighted by atomic mass is 35.5. The van der Waals surface area contributed by atoms with Crippen LogP contribution < -0.4 is 0 Å². The average Bonchev–Trinajstić information content (AvgIpc) is 3.17. The van der Waals surface area contributed by atoms with Gasteiger partial charge in [-0.25, -0.2) is 4.79 Å². The normalized spacial score (nSPS) is 11.3. The molecule has 28 heavy (non-hydrogen) atoms. The van der Waals surface area contributed by atoms with Gasteiger partial charge in [-0.05, 0) is 43.3 Å². The number of rotatable bonds is 6. The number of hydrogen-bond donors (Lipinski definition) is 0. The Hall–Kier alpha value is -2.82. The number of halogens is 2. The summed E-state index contributed by atoms with van der Waals surface area (Å²) < 4.78 is 10.8. The molecule has 4 nitrogen and oxygen atoms in total. The van der Waals surface area contributed by atoms with Crippen LogP contribution in [0.3, 0.4) is 0 Å². The summed E-state index contributed by atoms with van der Waals surface area (Å²) in [5.41, 5.74) is 0.874. The maximum Gasteiger partial charge on any atom is 0.342 e. The van der Waals surface area contributed by atoms with Crippen LogP contribution in [0.5, 0.6) is 0 Å². The van der Waals surface area contributed by atoms with Gasteiger partial charge < -0.3 is 9.15 Å². The standard InChI is InChI=1S/C22H16Cl2O4/c1-2-27-22(26)18(21(25)14-6-4-3-5-7-14)13-16-9-11-20(28-16)17-12-15(23)8-10-19(17)24/h3-13H,2H2,1H3/b18-13-. The Morgan fingerprint density at radius 3 is 2.50 bits per heavy atom. The number of benzene rings is 2. The second kappa shape index (κ2) is 8.91. The fourth-order valence-corrected chi connectivity index (χ4v) is 2.96. The maximum atomic E-state index is 12.8. The number of carbonyl (C=O) groups is 2. The van der Waals surface area contributed by atoms with Gasteiger partial charge in [-0.1, -0.05) is 53.5 Å². The molecule has 1 aromatic heterocycles. The van der Waals surface area contributed by atoms with Crippen LogP contribution >= 0.6 is 23.2 Å². The Kier molecular flexibility index (Phi) is 6.34. The Labute approximate surface area is 172 Å². The third-order valence-corrected chi connectivity index (χ3v) is 4.45. The molecule has 0 aliphatic carbocycles. The van der Waals surface area contributed by atoms with E-state index in [9.17, 15) is 9.59 Å². The zero-order valence-corrected chi connectivity index (χ0v) is 16.5. The van der Waals surface area contributed by atoms with Gasteiger partial charge in [-0.2, -0.15) is 0 Å². The summed E-state index contributed by atoms with van der Waals surface area (Å²) in [5, 5.41) is 0.986. The number of furan rings is 1. The minimum absolute atomic E-state index is 0.119. The van der Waals surface area contributed by atoms with Gasteiger partial charge in [-0.15, -0.1) is 0 Å². The fraction of sp³-hybridized carbons (Fsp3) is 0.0909. The summed E-state index contributed by atoms with van der Waals surface area (Å²) in [7, 11) is 0. The third kappa shape index (κ3) is 4.53. The minimum atomic E-state index is -0.713. The second-order valence-corrected chi connectivity index (χ2v) is 6.64. The number of Topliss-reactive ketones (excluding diaryl/α,β-unsaturated/α-hetero) is 1. The van der Waals surface area contributed by atoms with Crippen molar-refractivity contribution in [1.82, 2.24) is 0 Å². The number of carbonyl (C=O) groups excluding carboxylic acids is 2. The number of esters is 1. The lowest BCUT2D eigenvalue weighted by Gasteiger charge is -2.06. The molecule has 3 aromatic rings. The lowest BCUT2D eigenvalue weighted by Crippen LogP contribution is -2.16. The molecule has 0 radical (unpaired) electrons. The van der Waals surface area contributed by atoms with Gasteiger partial charge in [0.2, 0.25) is 0 Å². The zero-order chi connectivity index (χ0) is 20.1. The smallest absolute Gasteiger partial charge is 0.342 e. The van der Waals surface area contributed by atoms with Gasteiger partial charge in [-0.3, -0.25) is 4.79 Å². The molecule has 0 fully saturated rings. The largest absolute Gasteiger partial charge is 0.462 e. The van der Waals surface area contributed by atoms with Crippen LogP contribution in [0.1, 0.15) is 23.0 Å². The molecular formula is C22H16Cl2O4. The molecule has 0 aliphatic rings. The maximum absolute atomic E-state index is 12.8. The highest BCUT2D eigenvalue weighted by Gasteiger charge is 2.22. The van der Waals surface area contributed by atoms with E-state index < -0.39 is 11.8 Å². The average molecular weight is 415 g/mol. The van der Waals surface area contributed by atoms with E-state index in [-0.39, 0.29) is 12.2 Å². The van der Waals surface area contributed by atoms with Crippen LogP contribution in [-0.2, 0) is 9.53 Å². The molecule has 0 aliphatic heterocycles. The van der Waals surface area contributed by atoms with Crippen molar-refractivity contribution in [3.05, 3.63) is 87.6 Å². The first kappa shape index (κ1) is 19.9. The van der Waals surface area contributed by atoms with E-state index in [1.54, 1.807) is 67.6 Å². The molecule has 0 saturated carbocycles. The molecule has 6 heteroatoms. The molecule has 1 heterocycles. The Balaban J connectivity index is 1.99. The molecule has 0 unspecified atom stereocenters. The van der Waals surface area contributed by atoms with Crippen molar-refractivity contribution in [2.75, 3.05) is 6.61 Å². The first-order valence-corrected chi connectivity index (χ1v) is 9.29. The quantitative estimate of drug-likeness (QED) is 0.161. The first-order chi connectivity index (χ1) is 13.5. The molecule has 0 spiro atoms. The SMILES string of the molecule is CCOC(=O)/C(=C\c1ccc(-c2cc(Cl)ccc2Cl)o1)C(=O)c1ccccc1. The Morgan fingerprint density at radius 2 is 1.79 bits per heavy atom. The summed E-state index contributed by atoms with van der Waals surface area (Å²) in [5.74, 6) is -0.375. The van der Waals surface area contributed by atoms with E-state index in [4.69, 9.17) is 32.4 Å². The van der Waals surface area contributed by atoms with Crippen molar-refractivity contribution in [3.8, 4) is 11.3 Å². The first-order valence-electron chi connectivity index (χ1n) is 8.53. The molecule has 0 atom stereocenters. The zero-order valence-electron chi connectivity index (χ0n) is 14.9. The van der Waals surface area contributed by atoms with Gasteiger partial charge in [0.25, 0.3) is 0 Å². The third-order valence-electron chi connectivity index (χ3n) is 3.88. The molecule has 2 aromatic carbocycles. The van der Waals surface area contributed by atoms with Crippen molar-refractivity contribution >= 4 is 41.0 Å². The molecule has 3 rings (SSSR count). The van der Waals surface area contributed by atoms with Crippen LogP contribution in [0.2, 0.25) is 10.0 Å². The van der Waals surface area contributed by atoms with E-state index in [0.29, 0.717) is 32.7 Å². The van der Waals surface area contributed by atoms with E-state index in [1.165, 1.54) is 6.08 Å². The van der Waals surface area contributed by atoms with Crippen LogP contribution in [0.15, 0.2) is 70.7 Å². The molecule has 0 N–H and O–H groups in total. The van der Waals surface area contributed by atoms with Crippen LogP contribution in [0, 0.1) is 0 Å². The van der Waals surface area contributed by atoms with Gasteiger partial charge in [0.1, 0.15) is 17.1 Å². The lowest BCUT2D eigenvalue weighted by atomic mass is 10.0. The minimum Gasteiger partial charge on any atom is -0.462 e. The summed E-state index contributed by atoms with van der Waals surface area (Å²) in [6.45, 7) is 1.83. The van der Waals surface area contributed by atoms with Crippen LogP contribution in [-0.4, -0.2) is 18.4 Å². The van der Waals surface area contributed by atoms with Gasteiger partial charge in [0, 0.05) is 16.1 Å². The summed E-state index contributed by atoms with van der Waals surface area (Å²) in [4.78, 5) is 25.1. The number of ketones is 1. The number of ether oxygens (including phenoxy) is 1. The summed E-state index contributed by atoms with van der Waals surface area (Å²) in [6, 6.07) is 16.9. The molecule has 0 bridgehead atoms. The van der Waals surface area contributed by atoms with E-state index in [2.05, 4.69) is 0 Å². The van der Waals surface area contributed by atoms with Crippen molar-refractivity contribution in [3.63, 3.8) is 0 Å². The second-order valence-electron chi connectivity index (χ2n) is 5.80. The summed E-state index contributed by atoms with van der Waals surface area (Å²) in [6.07, 6.45) is 1.37. The lowest BCUT2D eigenvalue weighted by molar-refractivity contribution is -0.137. The highest BCUT2D eigenvalue weighted by Crippen LogP contribution is 2.32. The van der Waals surface area contributed by atoms with Crippen LogP contribution in [0.25, 0.3) is 17.4 Å². The Bertz CT molecular complexity index is 1040. The topological polar surface area (TPSA) is 56.5 Å². The molecule has 0 saturated heterocycles. The Morgan fingerprint density at radius 1 is 1.04 bits per heavy atom. The predicted octanol–water partition coefficient (Wildman–Crippen LogP) is 6.08. The van der Waals surface area contributed by atoms with Crippen molar-refractivity contribution < 1.29 is 18.7 Å². The predicted molar refractivity (Wildman–Crippen MR) is 110 cm³/mol. The fourth-order valence-electron chi connectivity index (χ4n) is 2.57. The van der Waals surface area contributed by atoms with Gasteiger partial charge in [0.15, 0.2) is 5.78 Å². The number of hydrogen-bond acceptors (Lipinski definition) is 4. The van der Waals surface area contributed by atoms with Gasteiger partial charge >= 0.3 is 5.97 Å². The van der Waals surface area contributed by atoms with E-state index in [1.807, 2.05) is 0 Å². The summed E-state index contributed by atoms with van der Waals surface area (Å²) >= 11 is 12.2. The molecular weight excluding hydrogens is 399 g/mol. The van der Waals surface area contributed by atoms with Crippen molar-refractivity contribution in [1.29, 1.82) is 0 Å². The molecule has 142 valence electrons. The van der Waals surface area contributed by atoms with E-state index >= 15 is 0 Å². The van der Waals surface area contributed by atoms with Gasteiger partial charge in [0.05, 0.1) is 11.6 Å². The van der Waals surface area contributed by atoms with Crippen molar-refractivity contribution in [2.45, 2.75) is 6.92 Å². The van der Waals surface area contributed by atoms with Crippen molar-refractivity contribution in [2.24, 2.45) is 0 Å². The highest BCUT2D eigenvalue weighted by molar-refractivity contribution is 6.35. The van der Waals surface area contributed by atoms with Crippen LogP contribution in [0.4, 0.5) is 0 Å². The monoisotopic (exact) mass is 414 g/mol. The molecule has 0 amide bonds.